The molecule has 0 unspecified atom stereocenters. The van der Waals surface area contributed by atoms with Crippen molar-refractivity contribution in [3.63, 3.8) is 0 Å². The van der Waals surface area contributed by atoms with Crippen molar-refractivity contribution >= 4 is 7.12 Å². The lowest BCUT2D eigenvalue weighted by Crippen LogP contribution is -2.41. The summed E-state index contributed by atoms with van der Waals surface area (Å²) in [5, 5.41) is 0. The Balaban J connectivity index is 2.82. The number of rotatable bonds is 1. The van der Waals surface area contributed by atoms with Gasteiger partial charge in [0.1, 0.15) is 0 Å². The second-order valence-electron chi connectivity index (χ2n) is 4.62. The molecule has 1 rings (SSSR count). The zero-order valence-corrected chi connectivity index (χ0v) is 9.47. The highest BCUT2D eigenvalue weighted by Crippen LogP contribution is 2.38. The van der Waals surface area contributed by atoms with Gasteiger partial charge in [-0.15, -0.1) is 0 Å². The van der Waals surface area contributed by atoms with E-state index in [0.717, 1.165) is 5.47 Å². The zero-order chi connectivity index (χ0) is 10.3. The Bertz CT molecular complexity index is 215. The monoisotopic (exact) mass is 182 g/mol. The van der Waals surface area contributed by atoms with Crippen LogP contribution in [0.2, 0.25) is 0 Å². The third-order valence-electron chi connectivity index (χ3n) is 3.08. The smallest absolute Gasteiger partial charge is 0.400 e. The molecule has 0 saturated carbocycles. The van der Waals surface area contributed by atoms with Crippen molar-refractivity contribution in [1.82, 2.24) is 0 Å². The molecule has 1 saturated heterocycles. The van der Waals surface area contributed by atoms with Crippen LogP contribution in [0.25, 0.3) is 0 Å². The van der Waals surface area contributed by atoms with Crippen LogP contribution in [0.1, 0.15) is 41.5 Å². The molecule has 0 aromatic heterocycles. The van der Waals surface area contributed by atoms with Crippen LogP contribution in [0.4, 0.5) is 0 Å². The van der Waals surface area contributed by atoms with Gasteiger partial charge in [0.05, 0.1) is 11.2 Å². The molecule has 0 aromatic rings. The molecule has 1 aliphatic rings. The molecule has 0 atom stereocenters. The Labute approximate surface area is 81.4 Å². The van der Waals surface area contributed by atoms with Crippen molar-refractivity contribution < 1.29 is 9.31 Å². The maximum atomic E-state index is 5.83. The lowest BCUT2D eigenvalue weighted by molar-refractivity contribution is 0.00578. The minimum Gasteiger partial charge on any atom is -0.400 e. The summed E-state index contributed by atoms with van der Waals surface area (Å²) >= 11 is 0. The first-order chi connectivity index (χ1) is 5.80. The molecule has 3 heteroatoms. The minimum absolute atomic E-state index is 0.171. The Morgan fingerprint density at radius 1 is 1.08 bits per heavy atom. The number of allylic oxidation sites excluding steroid dienone is 2. The van der Waals surface area contributed by atoms with Gasteiger partial charge in [-0.1, -0.05) is 6.08 Å². The molecular formula is C10H19BO2. The summed E-state index contributed by atoms with van der Waals surface area (Å²) < 4.78 is 11.7. The Hall–Kier alpha value is -0.275. The number of hydrogen-bond acceptors (Lipinski definition) is 2. The molecule has 0 N–H and O–H groups in total. The Morgan fingerprint density at radius 3 is 1.77 bits per heavy atom. The molecule has 0 aliphatic carbocycles. The first kappa shape index (κ1) is 10.8. The van der Waals surface area contributed by atoms with Crippen LogP contribution in [-0.2, 0) is 9.31 Å². The van der Waals surface area contributed by atoms with Gasteiger partial charge < -0.3 is 9.31 Å². The van der Waals surface area contributed by atoms with E-state index >= 15 is 0 Å². The molecule has 0 aromatic carbocycles. The van der Waals surface area contributed by atoms with E-state index in [1.54, 1.807) is 0 Å². The normalized spacial score (nSPS) is 26.6. The van der Waals surface area contributed by atoms with Gasteiger partial charge in [-0.3, -0.25) is 0 Å². The van der Waals surface area contributed by atoms with Gasteiger partial charge in [0.15, 0.2) is 0 Å². The summed E-state index contributed by atoms with van der Waals surface area (Å²) in [7, 11) is -0.171. The quantitative estimate of drug-likeness (QED) is 0.580. The Morgan fingerprint density at radius 2 is 1.46 bits per heavy atom. The lowest BCUT2D eigenvalue weighted by Gasteiger charge is -2.32. The topological polar surface area (TPSA) is 18.5 Å². The lowest BCUT2D eigenvalue weighted by atomic mass is 9.79. The summed E-state index contributed by atoms with van der Waals surface area (Å²) in [4.78, 5) is 0. The van der Waals surface area contributed by atoms with E-state index in [9.17, 15) is 0 Å². The fourth-order valence-electron chi connectivity index (χ4n) is 1.17. The highest BCUT2D eigenvalue weighted by Gasteiger charge is 2.51. The van der Waals surface area contributed by atoms with Gasteiger partial charge in [-0.2, -0.15) is 0 Å². The predicted octanol–water partition coefficient (Wildman–Crippen LogP) is 2.58. The molecule has 1 fully saturated rings. The highest BCUT2D eigenvalue weighted by molar-refractivity contribution is 6.54. The van der Waals surface area contributed by atoms with E-state index in [-0.39, 0.29) is 18.3 Å². The van der Waals surface area contributed by atoms with E-state index < -0.39 is 0 Å². The third-order valence-corrected chi connectivity index (χ3v) is 3.08. The molecule has 0 radical (unpaired) electrons. The van der Waals surface area contributed by atoms with E-state index in [1.807, 2.05) is 19.9 Å². The fraction of sp³-hybridized carbons (Fsp3) is 0.800. The molecule has 0 amide bonds. The van der Waals surface area contributed by atoms with Crippen molar-refractivity contribution in [2.24, 2.45) is 0 Å². The van der Waals surface area contributed by atoms with Crippen LogP contribution >= 0.6 is 0 Å². The SMILES string of the molecule is C/C=C(\C)B1OC(C)(C)C(C)(C)O1. The van der Waals surface area contributed by atoms with Crippen molar-refractivity contribution in [3.8, 4) is 0 Å². The van der Waals surface area contributed by atoms with Crippen LogP contribution in [0.15, 0.2) is 11.5 Å². The van der Waals surface area contributed by atoms with E-state index in [0.29, 0.717) is 0 Å². The van der Waals surface area contributed by atoms with Gasteiger partial charge in [-0.05, 0) is 47.0 Å². The molecule has 2 nitrogen and oxygen atoms in total. The second kappa shape index (κ2) is 3.14. The highest BCUT2D eigenvalue weighted by atomic mass is 16.7. The molecular weight excluding hydrogens is 163 g/mol. The van der Waals surface area contributed by atoms with Crippen LogP contribution in [0.5, 0.6) is 0 Å². The summed E-state index contributed by atoms with van der Waals surface area (Å²) in [6, 6.07) is 0. The fourth-order valence-corrected chi connectivity index (χ4v) is 1.17. The first-order valence-electron chi connectivity index (χ1n) is 4.78. The average Bonchev–Trinajstić information content (AvgIpc) is 2.20. The summed E-state index contributed by atoms with van der Waals surface area (Å²) in [6.07, 6.45) is 2.03. The number of hydrogen-bond donors (Lipinski definition) is 0. The second-order valence-corrected chi connectivity index (χ2v) is 4.62. The van der Waals surface area contributed by atoms with E-state index in [4.69, 9.17) is 9.31 Å². The van der Waals surface area contributed by atoms with Gasteiger partial charge in [-0.25, -0.2) is 0 Å². The molecule has 0 bridgehead atoms. The largest absolute Gasteiger partial charge is 0.489 e. The van der Waals surface area contributed by atoms with Crippen LogP contribution < -0.4 is 0 Å². The molecule has 0 spiro atoms. The zero-order valence-electron chi connectivity index (χ0n) is 9.47. The Kier molecular flexibility index (Phi) is 2.61. The average molecular weight is 182 g/mol. The summed E-state index contributed by atoms with van der Waals surface area (Å²) in [5.74, 6) is 0. The van der Waals surface area contributed by atoms with E-state index in [2.05, 4.69) is 27.7 Å². The van der Waals surface area contributed by atoms with Gasteiger partial charge in [0, 0.05) is 0 Å². The standard InChI is InChI=1S/C10H19BO2/c1-7-8(2)11-12-9(3,4)10(5,6)13-11/h7H,1-6H3/b8-7+. The van der Waals surface area contributed by atoms with Gasteiger partial charge in [0.25, 0.3) is 0 Å². The molecule has 74 valence electrons. The van der Waals surface area contributed by atoms with E-state index in [1.165, 1.54) is 0 Å². The molecule has 1 aliphatic heterocycles. The van der Waals surface area contributed by atoms with Crippen molar-refractivity contribution in [1.29, 1.82) is 0 Å². The molecule has 1 heterocycles. The first-order valence-corrected chi connectivity index (χ1v) is 4.78. The maximum Gasteiger partial charge on any atom is 0.489 e. The van der Waals surface area contributed by atoms with Crippen LogP contribution in [0, 0.1) is 0 Å². The summed E-state index contributed by atoms with van der Waals surface area (Å²) in [6.45, 7) is 12.3. The van der Waals surface area contributed by atoms with Crippen LogP contribution in [-0.4, -0.2) is 18.3 Å². The summed E-state index contributed by atoms with van der Waals surface area (Å²) in [5.41, 5.74) is 0.697. The minimum atomic E-state index is -0.220. The molecule has 13 heavy (non-hydrogen) atoms. The van der Waals surface area contributed by atoms with Crippen molar-refractivity contribution in [2.45, 2.75) is 52.7 Å². The van der Waals surface area contributed by atoms with Gasteiger partial charge in [0.2, 0.25) is 0 Å². The predicted molar refractivity (Wildman–Crippen MR) is 55.5 cm³/mol. The third kappa shape index (κ3) is 1.81. The van der Waals surface area contributed by atoms with Crippen molar-refractivity contribution in [2.75, 3.05) is 0 Å². The van der Waals surface area contributed by atoms with Gasteiger partial charge >= 0.3 is 7.12 Å². The van der Waals surface area contributed by atoms with Crippen LogP contribution in [0.3, 0.4) is 0 Å². The van der Waals surface area contributed by atoms with Crippen molar-refractivity contribution in [3.05, 3.63) is 11.5 Å². The maximum absolute atomic E-state index is 5.83.